The van der Waals surface area contributed by atoms with Crippen molar-refractivity contribution in [1.82, 2.24) is 9.97 Å². The molecule has 4 rings (SSSR count). The van der Waals surface area contributed by atoms with Crippen molar-refractivity contribution in [2.45, 2.75) is 6.42 Å². The van der Waals surface area contributed by atoms with E-state index in [0.717, 1.165) is 11.1 Å². The number of fused-ring (bicyclic) bond motifs is 1. The van der Waals surface area contributed by atoms with E-state index in [0.29, 0.717) is 33.7 Å². The van der Waals surface area contributed by atoms with E-state index in [1.165, 1.54) is 0 Å². The normalized spacial score (nSPS) is 11.0. The summed E-state index contributed by atoms with van der Waals surface area (Å²) in [6, 6.07) is 20.0. The molecule has 1 aromatic heterocycles. The molecule has 0 saturated heterocycles. The Hall–Kier alpha value is -3.11. The molecule has 4 nitrogen and oxygen atoms in total. The van der Waals surface area contributed by atoms with Crippen LogP contribution in [-0.4, -0.2) is 15.1 Å². The van der Waals surface area contributed by atoms with E-state index >= 15 is 0 Å². The Bertz CT molecular complexity index is 1170. The number of nitrogens with one attached hydrogen (secondary N) is 1. The molecule has 0 aliphatic rings. The highest BCUT2D eigenvalue weighted by Gasteiger charge is 2.11. The molecule has 0 aliphatic heterocycles. The highest BCUT2D eigenvalue weighted by atomic mass is 35.5. The molecule has 0 saturated carbocycles. The van der Waals surface area contributed by atoms with Crippen LogP contribution in [-0.2, 0) is 6.42 Å². The van der Waals surface area contributed by atoms with Crippen molar-refractivity contribution < 1.29 is 5.11 Å². The van der Waals surface area contributed by atoms with E-state index in [1.54, 1.807) is 24.3 Å². The van der Waals surface area contributed by atoms with Gasteiger partial charge in [-0.05, 0) is 47.9 Å². The van der Waals surface area contributed by atoms with Crippen molar-refractivity contribution in [3.8, 4) is 17.1 Å². The molecule has 0 spiro atoms. The number of halogens is 1. The molecule has 0 aliphatic carbocycles. The van der Waals surface area contributed by atoms with Crippen molar-refractivity contribution >= 4 is 22.5 Å². The summed E-state index contributed by atoms with van der Waals surface area (Å²) in [7, 11) is 0. The van der Waals surface area contributed by atoms with Gasteiger partial charge in [0.05, 0.1) is 16.5 Å². The maximum absolute atomic E-state index is 12.3. The van der Waals surface area contributed by atoms with Gasteiger partial charge in [-0.1, -0.05) is 48.0 Å². The number of aromatic amines is 1. The number of aromatic nitrogens is 2. The molecule has 0 unspecified atom stereocenters. The van der Waals surface area contributed by atoms with Crippen molar-refractivity contribution in [2.24, 2.45) is 0 Å². The lowest BCUT2D eigenvalue weighted by molar-refractivity contribution is 0.476. The lowest BCUT2D eigenvalue weighted by Crippen LogP contribution is -2.09. The van der Waals surface area contributed by atoms with Crippen LogP contribution >= 0.6 is 11.6 Å². The molecule has 128 valence electrons. The fraction of sp³-hybridized carbons (Fsp3) is 0.0476. The summed E-state index contributed by atoms with van der Waals surface area (Å²) in [5.74, 6) is 0.401. The molecule has 5 heteroatoms. The number of aromatic hydroxyl groups is 1. The first kappa shape index (κ1) is 16.4. The number of rotatable bonds is 3. The van der Waals surface area contributed by atoms with E-state index in [1.807, 2.05) is 42.5 Å². The number of phenolic OH excluding ortho intramolecular Hbond substituents is 1. The minimum atomic E-state index is -0.235. The standard InChI is InChI=1S/C21H15ClN2O2/c22-17-7-3-1-5-14(17)11-13-9-10-19(25)16(12-13)20-23-18-8-4-2-6-15(18)21(26)24-20/h1-10,12,25H,11H2,(H,23,24,26). The first-order valence-electron chi connectivity index (χ1n) is 8.16. The summed E-state index contributed by atoms with van der Waals surface area (Å²) in [5.41, 5.74) is 2.79. The Kier molecular flexibility index (Phi) is 4.19. The van der Waals surface area contributed by atoms with Crippen LogP contribution < -0.4 is 5.56 Å². The third-order valence-corrected chi connectivity index (χ3v) is 4.65. The number of hydrogen-bond acceptors (Lipinski definition) is 3. The van der Waals surface area contributed by atoms with Crippen LogP contribution in [0.15, 0.2) is 71.5 Å². The number of benzene rings is 3. The van der Waals surface area contributed by atoms with Gasteiger partial charge in [-0.25, -0.2) is 4.98 Å². The highest BCUT2D eigenvalue weighted by molar-refractivity contribution is 6.31. The van der Waals surface area contributed by atoms with Crippen molar-refractivity contribution in [3.63, 3.8) is 0 Å². The zero-order valence-electron chi connectivity index (χ0n) is 13.7. The molecule has 26 heavy (non-hydrogen) atoms. The molecule has 2 N–H and O–H groups in total. The Morgan fingerprint density at radius 3 is 2.62 bits per heavy atom. The SMILES string of the molecule is O=c1[nH]c(-c2cc(Cc3ccccc3Cl)ccc2O)nc2ccccc12. The van der Waals surface area contributed by atoms with Crippen LogP contribution in [0, 0.1) is 0 Å². The van der Waals surface area contributed by atoms with E-state index in [-0.39, 0.29) is 11.3 Å². The number of para-hydroxylation sites is 1. The van der Waals surface area contributed by atoms with E-state index < -0.39 is 0 Å². The molecule has 0 atom stereocenters. The van der Waals surface area contributed by atoms with Crippen molar-refractivity contribution in [3.05, 3.63) is 93.2 Å². The minimum Gasteiger partial charge on any atom is -0.507 e. The number of phenols is 1. The largest absolute Gasteiger partial charge is 0.507 e. The van der Waals surface area contributed by atoms with E-state index in [9.17, 15) is 9.90 Å². The van der Waals surface area contributed by atoms with Gasteiger partial charge in [-0.2, -0.15) is 0 Å². The molecule has 3 aromatic carbocycles. The predicted molar refractivity (Wildman–Crippen MR) is 104 cm³/mol. The third-order valence-electron chi connectivity index (χ3n) is 4.28. The van der Waals surface area contributed by atoms with Gasteiger partial charge in [-0.15, -0.1) is 0 Å². The van der Waals surface area contributed by atoms with Gasteiger partial charge >= 0.3 is 0 Å². The second kappa shape index (κ2) is 6.65. The summed E-state index contributed by atoms with van der Waals surface area (Å²) < 4.78 is 0. The zero-order chi connectivity index (χ0) is 18.1. The maximum atomic E-state index is 12.3. The van der Waals surface area contributed by atoms with Crippen LogP contribution in [0.5, 0.6) is 5.75 Å². The highest BCUT2D eigenvalue weighted by Crippen LogP contribution is 2.29. The number of nitrogens with zero attached hydrogens (tertiary/aromatic N) is 1. The first-order chi connectivity index (χ1) is 12.6. The Morgan fingerprint density at radius 1 is 1.00 bits per heavy atom. The fourth-order valence-electron chi connectivity index (χ4n) is 2.96. The average molecular weight is 363 g/mol. The molecule has 0 bridgehead atoms. The van der Waals surface area contributed by atoms with Gasteiger partial charge in [0, 0.05) is 5.02 Å². The van der Waals surface area contributed by atoms with Crippen LogP contribution in [0.4, 0.5) is 0 Å². The Labute approximate surface area is 154 Å². The fourth-order valence-corrected chi connectivity index (χ4v) is 3.16. The van der Waals surface area contributed by atoms with E-state index in [2.05, 4.69) is 9.97 Å². The molecule has 1 heterocycles. The van der Waals surface area contributed by atoms with Gasteiger partial charge < -0.3 is 10.1 Å². The second-order valence-electron chi connectivity index (χ2n) is 6.05. The lowest BCUT2D eigenvalue weighted by Gasteiger charge is -2.09. The van der Waals surface area contributed by atoms with Gasteiger partial charge in [0.25, 0.3) is 5.56 Å². The third kappa shape index (κ3) is 3.07. The van der Waals surface area contributed by atoms with Crippen LogP contribution in [0.25, 0.3) is 22.3 Å². The molecular formula is C21H15ClN2O2. The summed E-state index contributed by atoms with van der Waals surface area (Å²) in [5, 5.41) is 11.5. The number of hydrogen-bond donors (Lipinski definition) is 2. The van der Waals surface area contributed by atoms with Crippen LogP contribution in [0.2, 0.25) is 5.02 Å². The first-order valence-corrected chi connectivity index (χ1v) is 8.54. The topological polar surface area (TPSA) is 66.0 Å². The van der Waals surface area contributed by atoms with Gasteiger partial charge in [-0.3, -0.25) is 4.79 Å². The van der Waals surface area contributed by atoms with Crippen molar-refractivity contribution in [1.29, 1.82) is 0 Å². The summed E-state index contributed by atoms with van der Waals surface area (Å²) in [6.45, 7) is 0. The van der Waals surface area contributed by atoms with Crippen molar-refractivity contribution in [2.75, 3.05) is 0 Å². The molecule has 0 fully saturated rings. The summed E-state index contributed by atoms with van der Waals surface area (Å²) in [4.78, 5) is 19.6. The molecule has 0 amide bonds. The van der Waals surface area contributed by atoms with E-state index in [4.69, 9.17) is 11.6 Å². The van der Waals surface area contributed by atoms with Gasteiger partial charge in [0.2, 0.25) is 0 Å². The zero-order valence-corrected chi connectivity index (χ0v) is 14.5. The smallest absolute Gasteiger partial charge is 0.259 e. The van der Waals surface area contributed by atoms with Gasteiger partial charge in [0.1, 0.15) is 11.6 Å². The average Bonchev–Trinajstić information content (AvgIpc) is 2.65. The maximum Gasteiger partial charge on any atom is 0.259 e. The molecular weight excluding hydrogens is 348 g/mol. The summed E-state index contributed by atoms with van der Waals surface area (Å²) in [6.07, 6.45) is 0.616. The predicted octanol–water partition coefficient (Wildman–Crippen LogP) is 4.54. The Balaban J connectivity index is 1.80. The Morgan fingerprint density at radius 2 is 1.77 bits per heavy atom. The number of H-pyrrole nitrogens is 1. The lowest BCUT2D eigenvalue weighted by atomic mass is 10.0. The molecule has 0 radical (unpaired) electrons. The minimum absolute atomic E-state index is 0.0614. The van der Waals surface area contributed by atoms with Gasteiger partial charge in [0.15, 0.2) is 0 Å². The van der Waals surface area contributed by atoms with Crippen LogP contribution in [0.1, 0.15) is 11.1 Å². The summed E-state index contributed by atoms with van der Waals surface area (Å²) >= 11 is 6.24. The second-order valence-corrected chi connectivity index (χ2v) is 6.46. The monoisotopic (exact) mass is 362 g/mol. The molecule has 4 aromatic rings. The quantitative estimate of drug-likeness (QED) is 0.562. The van der Waals surface area contributed by atoms with Crippen LogP contribution in [0.3, 0.4) is 0 Å².